The molecular weight excluding hydrogens is 284 g/mol. The second kappa shape index (κ2) is 6.20. The van der Waals surface area contributed by atoms with Crippen LogP contribution in [0.2, 0.25) is 5.02 Å². The first-order valence-electron chi connectivity index (χ1n) is 6.11. The van der Waals surface area contributed by atoms with Gasteiger partial charge in [0.1, 0.15) is 23.1 Å². The van der Waals surface area contributed by atoms with E-state index in [2.05, 4.69) is 5.32 Å². The zero-order valence-electron chi connectivity index (χ0n) is 11.1. The van der Waals surface area contributed by atoms with Gasteiger partial charge >= 0.3 is 0 Å². The molecule has 5 heteroatoms. The van der Waals surface area contributed by atoms with Crippen LogP contribution in [0.1, 0.15) is 18.5 Å². The minimum Gasteiger partial charge on any atom is -0.455 e. The average Bonchev–Trinajstić information content (AvgIpc) is 2.42. The Balaban J connectivity index is 2.37. The van der Waals surface area contributed by atoms with Gasteiger partial charge in [-0.15, -0.1) is 0 Å². The molecule has 0 saturated heterocycles. The number of halogens is 3. The number of rotatable bonds is 4. The fourth-order valence-corrected chi connectivity index (χ4v) is 1.99. The van der Waals surface area contributed by atoms with Crippen molar-refractivity contribution in [2.45, 2.75) is 13.0 Å². The maximum absolute atomic E-state index is 13.4. The lowest BCUT2D eigenvalue weighted by atomic mass is 10.1. The van der Waals surface area contributed by atoms with Crippen molar-refractivity contribution >= 4 is 11.6 Å². The SMILES string of the molecule is CNC(C)c1cc(F)ccc1Oc1ccc(F)cc1Cl. The number of hydrogen-bond donors (Lipinski definition) is 1. The first-order chi connectivity index (χ1) is 9.51. The smallest absolute Gasteiger partial charge is 0.146 e. The van der Waals surface area contributed by atoms with Gasteiger partial charge in [0.25, 0.3) is 0 Å². The van der Waals surface area contributed by atoms with Gasteiger partial charge in [-0.3, -0.25) is 0 Å². The molecule has 0 aliphatic heterocycles. The van der Waals surface area contributed by atoms with Crippen molar-refractivity contribution in [2.24, 2.45) is 0 Å². The highest BCUT2D eigenvalue weighted by Crippen LogP contribution is 2.34. The zero-order valence-corrected chi connectivity index (χ0v) is 11.8. The summed E-state index contributed by atoms with van der Waals surface area (Å²) in [4.78, 5) is 0. The summed E-state index contributed by atoms with van der Waals surface area (Å²) in [6, 6.07) is 7.99. The largest absolute Gasteiger partial charge is 0.455 e. The van der Waals surface area contributed by atoms with Gasteiger partial charge in [0, 0.05) is 11.6 Å². The van der Waals surface area contributed by atoms with Crippen LogP contribution in [0, 0.1) is 11.6 Å². The Hall–Kier alpha value is -1.65. The summed E-state index contributed by atoms with van der Waals surface area (Å²) in [5.41, 5.74) is 0.660. The summed E-state index contributed by atoms with van der Waals surface area (Å²) in [5, 5.41) is 3.18. The van der Waals surface area contributed by atoms with Crippen LogP contribution in [-0.4, -0.2) is 7.05 Å². The predicted molar refractivity (Wildman–Crippen MR) is 75.4 cm³/mol. The standard InChI is InChI=1S/C15H14ClF2NO/c1-9(19-2)12-7-10(17)3-5-14(12)20-15-6-4-11(18)8-13(15)16/h3-9,19H,1-2H3. The van der Waals surface area contributed by atoms with Crippen molar-refractivity contribution in [2.75, 3.05) is 7.05 Å². The molecule has 2 rings (SSSR count). The summed E-state index contributed by atoms with van der Waals surface area (Å²) in [6.45, 7) is 1.88. The quantitative estimate of drug-likeness (QED) is 0.884. The number of nitrogens with one attached hydrogen (secondary N) is 1. The van der Waals surface area contributed by atoms with Crippen molar-refractivity contribution in [3.05, 3.63) is 58.6 Å². The lowest BCUT2D eigenvalue weighted by molar-refractivity contribution is 0.462. The summed E-state index contributed by atoms with van der Waals surface area (Å²) in [5.74, 6) is 0.0101. The van der Waals surface area contributed by atoms with Crippen LogP contribution in [0.3, 0.4) is 0 Å². The third-order valence-electron chi connectivity index (χ3n) is 2.99. The Morgan fingerprint density at radius 3 is 2.25 bits per heavy atom. The molecule has 1 unspecified atom stereocenters. The van der Waals surface area contributed by atoms with Gasteiger partial charge in [-0.25, -0.2) is 8.78 Å². The van der Waals surface area contributed by atoms with Gasteiger partial charge < -0.3 is 10.1 Å². The molecule has 1 atom stereocenters. The number of ether oxygens (including phenoxy) is 1. The van der Waals surface area contributed by atoms with Crippen molar-refractivity contribution in [3.63, 3.8) is 0 Å². The molecule has 0 aromatic heterocycles. The fourth-order valence-electron chi connectivity index (χ4n) is 1.78. The van der Waals surface area contributed by atoms with E-state index in [1.165, 1.54) is 36.4 Å². The summed E-state index contributed by atoms with van der Waals surface area (Å²) in [7, 11) is 1.77. The molecule has 0 amide bonds. The van der Waals surface area contributed by atoms with Crippen molar-refractivity contribution in [1.29, 1.82) is 0 Å². The molecule has 20 heavy (non-hydrogen) atoms. The summed E-state index contributed by atoms with van der Waals surface area (Å²) < 4.78 is 32.0. The van der Waals surface area contributed by atoms with Crippen molar-refractivity contribution < 1.29 is 13.5 Å². The Morgan fingerprint density at radius 1 is 1.05 bits per heavy atom. The molecule has 0 radical (unpaired) electrons. The molecule has 2 aromatic carbocycles. The van der Waals surface area contributed by atoms with Gasteiger partial charge in [0.05, 0.1) is 5.02 Å². The first kappa shape index (κ1) is 14.8. The zero-order chi connectivity index (χ0) is 14.7. The van der Waals surface area contributed by atoms with Crippen LogP contribution in [0.25, 0.3) is 0 Å². The number of benzene rings is 2. The minimum atomic E-state index is -0.440. The van der Waals surface area contributed by atoms with E-state index in [1.807, 2.05) is 6.92 Å². The lowest BCUT2D eigenvalue weighted by Gasteiger charge is -2.17. The maximum Gasteiger partial charge on any atom is 0.146 e. The average molecular weight is 298 g/mol. The third kappa shape index (κ3) is 3.26. The van der Waals surface area contributed by atoms with E-state index in [0.29, 0.717) is 17.1 Å². The minimum absolute atomic E-state index is 0.0973. The van der Waals surface area contributed by atoms with Gasteiger partial charge in [-0.2, -0.15) is 0 Å². The van der Waals surface area contributed by atoms with E-state index in [9.17, 15) is 8.78 Å². The van der Waals surface area contributed by atoms with E-state index in [0.717, 1.165) is 0 Å². The second-order valence-electron chi connectivity index (χ2n) is 4.37. The highest BCUT2D eigenvalue weighted by Gasteiger charge is 2.13. The van der Waals surface area contributed by atoms with Gasteiger partial charge in [-0.05, 0) is 50.4 Å². The van der Waals surface area contributed by atoms with Crippen LogP contribution in [0.5, 0.6) is 11.5 Å². The van der Waals surface area contributed by atoms with Gasteiger partial charge in [0.2, 0.25) is 0 Å². The molecule has 2 aromatic rings. The molecule has 0 fully saturated rings. The Morgan fingerprint density at radius 2 is 1.65 bits per heavy atom. The van der Waals surface area contributed by atoms with E-state index in [4.69, 9.17) is 16.3 Å². The topological polar surface area (TPSA) is 21.3 Å². The molecule has 0 heterocycles. The van der Waals surface area contributed by atoms with E-state index >= 15 is 0 Å². The highest BCUT2D eigenvalue weighted by molar-refractivity contribution is 6.32. The fraction of sp³-hybridized carbons (Fsp3) is 0.200. The second-order valence-corrected chi connectivity index (χ2v) is 4.78. The lowest BCUT2D eigenvalue weighted by Crippen LogP contribution is -2.13. The van der Waals surface area contributed by atoms with Crippen molar-refractivity contribution in [1.82, 2.24) is 5.32 Å². The first-order valence-corrected chi connectivity index (χ1v) is 6.48. The van der Waals surface area contributed by atoms with Crippen molar-refractivity contribution in [3.8, 4) is 11.5 Å². The molecule has 0 aliphatic rings. The molecule has 2 nitrogen and oxygen atoms in total. The molecular formula is C15H14ClF2NO. The van der Waals surface area contributed by atoms with Gasteiger partial charge in [0.15, 0.2) is 0 Å². The predicted octanol–water partition coefficient (Wildman–Crippen LogP) is 4.69. The normalized spacial score (nSPS) is 12.2. The maximum atomic E-state index is 13.4. The molecule has 0 aliphatic carbocycles. The van der Waals surface area contributed by atoms with E-state index in [1.54, 1.807) is 7.05 Å². The molecule has 1 N–H and O–H groups in total. The Labute approximate surface area is 121 Å². The van der Waals surface area contributed by atoms with Gasteiger partial charge in [-0.1, -0.05) is 11.6 Å². The molecule has 106 valence electrons. The monoisotopic (exact) mass is 297 g/mol. The molecule has 0 bridgehead atoms. The van der Waals surface area contributed by atoms with Crippen LogP contribution in [-0.2, 0) is 0 Å². The van der Waals surface area contributed by atoms with Crippen LogP contribution < -0.4 is 10.1 Å². The van der Waals surface area contributed by atoms with E-state index in [-0.39, 0.29) is 16.9 Å². The van der Waals surface area contributed by atoms with Crippen LogP contribution >= 0.6 is 11.6 Å². The Kier molecular flexibility index (Phi) is 4.57. The molecule has 0 saturated carbocycles. The number of hydrogen-bond acceptors (Lipinski definition) is 2. The van der Waals surface area contributed by atoms with Crippen LogP contribution in [0.15, 0.2) is 36.4 Å². The summed E-state index contributed by atoms with van der Waals surface area (Å²) >= 11 is 5.92. The van der Waals surface area contributed by atoms with Crippen LogP contribution in [0.4, 0.5) is 8.78 Å². The van der Waals surface area contributed by atoms with E-state index < -0.39 is 5.82 Å². The highest BCUT2D eigenvalue weighted by atomic mass is 35.5. The Bertz CT molecular complexity index is 619. The molecule has 0 spiro atoms. The summed E-state index contributed by atoms with van der Waals surface area (Å²) in [6.07, 6.45) is 0. The third-order valence-corrected chi connectivity index (χ3v) is 3.28.